The number of aromatic nitrogens is 4. The molecular weight excluding hydrogens is 536 g/mol. The average Bonchev–Trinajstić information content (AvgIpc) is 3.25. The molecule has 40 heavy (non-hydrogen) atoms. The van der Waals surface area contributed by atoms with Crippen molar-refractivity contribution in [3.05, 3.63) is 40.1 Å². The number of carbonyl (C=O) groups is 1. The number of nitrogens with zero attached hydrogens (tertiary/aromatic N) is 5. The SMILES string of the molecule is CCCc1nc(C)c2c(=O)[nH]c(-c3cc(S(=O)(=O)N4CCN(CCCC(=O)OCC)CC4)ccc3OCC)nn12. The number of hydrogen-bond donors (Lipinski definition) is 1. The highest BCUT2D eigenvalue weighted by Crippen LogP contribution is 2.31. The van der Waals surface area contributed by atoms with Crippen LogP contribution >= 0.6 is 0 Å². The van der Waals surface area contributed by atoms with Crippen LogP contribution in [0.15, 0.2) is 27.9 Å². The molecule has 2 aromatic heterocycles. The summed E-state index contributed by atoms with van der Waals surface area (Å²) in [5.41, 5.74) is 0.986. The molecule has 1 N–H and O–H groups in total. The first kappa shape index (κ1) is 29.7. The molecule has 13 heteroatoms. The van der Waals surface area contributed by atoms with E-state index in [2.05, 4.69) is 20.0 Å². The molecule has 0 atom stereocenters. The fourth-order valence-corrected chi connectivity index (χ4v) is 6.35. The predicted octanol–water partition coefficient (Wildman–Crippen LogP) is 2.39. The van der Waals surface area contributed by atoms with Gasteiger partial charge in [-0.1, -0.05) is 6.92 Å². The number of sulfonamides is 1. The Morgan fingerprint density at radius 3 is 2.52 bits per heavy atom. The van der Waals surface area contributed by atoms with Crippen molar-refractivity contribution in [2.24, 2.45) is 0 Å². The maximum Gasteiger partial charge on any atom is 0.305 e. The number of esters is 1. The fraction of sp³-hybridized carbons (Fsp3) is 0.556. The van der Waals surface area contributed by atoms with Crippen LogP contribution in [0.4, 0.5) is 0 Å². The number of imidazole rings is 1. The lowest BCUT2D eigenvalue weighted by atomic mass is 10.2. The van der Waals surface area contributed by atoms with E-state index in [1.165, 1.54) is 16.4 Å². The van der Waals surface area contributed by atoms with Crippen LogP contribution in [0.2, 0.25) is 0 Å². The Hall–Kier alpha value is -3.29. The molecule has 3 heterocycles. The first-order valence-corrected chi connectivity index (χ1v) is 15.3. The topological polar surface area (TPSA) is 139 Å². The largest absolute Gasteiger partial charge is 0.493 e. The number of nitrogens with one attached hydrogen (secondary N) is 1. The molecule has 12 nitrogen and oxygen atoms in total. The number of hydrogen-bond acceptors (Lipinski definition) is 9. The van der Waals surface area contributed by atoms with Gasteiger partial charge in [0.2, 0.25) is 10.0 Å². The molecule has 0 amide bonds. The zero-order chi connectivity index (χ0) is 28.9. The highest BCUT2D eigenvalue weighted by Gasteiger charge is 2.30. The van der Waals surface area contributed by atoms with E-state index in [0.29, 0.717) is 93.5 Å². The summed E-state index contributed by atoms with van der Waals surface area (Å²) in [6, 6.07) is 4.64. The number of aromatic amines is 1. The lowest BCUT2D eigenvalue weighted by Gasteiger charge is -2.34. The predicted molar refractivity (Wildman–Crippen MR) is 150 cm³/mol. The molecule has 0 unspecified atom stereocenters. The molecule has 1 saturated heterocycles. The smallest absolute Gasteiger partial charge is 0.305 e. The molecule has 0 spiro atoms. The van der Waals surface area contributed by atoms with Crippen molar-refractivity contribution in [2.45, 2.75) is 58.3 Å². The van der Waals surface area contributed by atoms with Gasteiger partial charge in [0.1, 0.15) is 11.6 Å². The maximum absolute atomic E-state index is 13.6. The summed E-state index contributed by atoms with van der Waals surface area (Å²) < 4.78 is 41.1. The van der Waals surface area contributed by atoms with Gasteiger partial charge in [-0.3, -0.25) is 9.59 Å². The average molecular weight is 575 g/mol. The molecule has 4 rings (SSSR count). The van der Waals surface area contributed by atoms with Gasteiger partial charge < -0.3 is 19.4 Å². The minimum Gasteiger partial charge on any atom is -0.493 e. The summed E-state index contributed by atoms with van der Waals surface area (Å²) in [5.74, 6) is 1.09. The fourth-order valence-electron chi connectivity index (χ4n) is 4.90. The quantitative estimate of drug-likeness (QED) is 0.323. The standard InChI is InChI=1S/C27H38N6O6S/c1-5-9-23-28-19(4)25-27(35)29-26(30-33(23)25)21-18-20(11-12-22(21)38-6-2)40(36,37)32-16-14-31(15-17-32)13-8-10-24(34)39-7-3/h11-12,18H,5-10,13-17H2,1-4H3,(H,29,30,35). The van der Waals surface area contributed by atoms with Gasteiger partial charge in [0, 0.05) is 39.0 Å². The second-order valence-electron chi connectivity index (χ2n) is 9.67. The second-order valence-corrected chi connectivity index (χ2v) is 11.6. The Kier molecular flexibility index (Phi) is 9.59. The van der Waals surface area contributed by atoms with Gasteiger partial charge in [0.15, 0.2) is 11.3 Å². The molecule has 0 radical (unpaired) electrons. The number of piperazine rings is 1. The zero-order valence-corrected chi connectivity index (χ0v) is 24.4. The van der Waals surface area contributed by atoms with Crippen LogP contribution in [0.25, 0.3) is 16.9 Å². The van der Waals surface area contributed by atoms with Crippen LogP contribution in [0.1, 0.15) is 51.6 Å². The highest BCUT2D eigenvalue weighted by molar-refractivity contribution is 7.89. The second kappa shape index (κ2) is 12.9. The number of aryl methyl sites for hydroxylation is 2. The van der Waals surface area contributed by atoms with Crippen molar-refractivity contribution in [2.75, 3.05) is 45.9 Å². The van der Waals surface area contributed by atoms with Gasteiger partial charge in [0.25, 0.3) is 5.56 Å². The van der Waals surface area contributed by atoms with Crippen LogP contribution in [0, 0.1) is 6.92 Å². The number of ether oxygens (including phenoxy) is 2. The lowest BCUT2D eigenvalue weighted by Crippen LogP contribution is -2.48. The summed E-state index contributed by atoms with van der Waals surface area (Å²) in [4.78, 5) is 34.2. The summed E-state index contributed by atoms with van der Waals surface area (Å²) in [5, 5.41) is 4.66. The molecule has 1 aromatic carbocycles. The van der Waals surface area contributed by atoms with Gasteiger partial charge in [0.05, 0.1) is 29.4 Å². The van der Waals surface area contributed by atoms with Gasteiger partial charge in [-0.05, 0) is 58.4 Å². The number of H-pyrrole nitrogens is 1. The van der Waals surface area contributed by atoms with Gasteiger partial charge in [-0.2, -0.15) is 4.31 Å². The van der Waals surface area contributed by atoms with E-state index >= 15 is 0 Å². The van der Waals surface area contributed by atoms with Crippen LogP contribution < -0.4 is 10.3 Å². The van der Waals surface area contributed by atoms with Crippen molar-refractivity contribution in [3.63, 3.8) is 0 Å². The number of benzene rings is 1. The minimum atomic E-state index is -3.82. The molecule has 0 bridgehead atoms. The Morgan fingerprint density at radius 1 is 1.10 bits per heavy atom. The first-order chi connectivity index (χ1) is 19.2. The van der Waals surface area contributed by atoms with Crippen molar-refractivity contribution in [1.82, 2.24) is 28.8 Å². The summed E-state index contributed by atoms with van der Waals surface area (Å²) in [7, 11) is -3.82. The number of carbonyl (C=O) groups excluding carboxylic acids is 1. The third kappa shape index (κ3) is 6.37. The van der Waals surface area contributed by atoms with E-state index in [1.807, 2.05) is 13.8 Å². The molecule has 1 fully saturated rings. The van der Waals surface area contributed by atoms with Crippen molar-refractivity contribution < 1.29 is 22.7 Å². The molecule has 3 aromatic rings. The molecular formula is C27H38N6O6S. The van der Waals surface area contributed by atoms with E-state index in [1.54, 1.807) is 24.4 Å². The Labute approximate surface area is 234 Å². The van der Waals surface area contributed by atoms with Crippen molar-refractivity contribution in [1.29, 1.82) is 0 Å². The summed E-state index contributed by atoms with van der Waals surface area (Å²) >= 11 is 0. The van der Waals surface area contributed by atoms with E-state index in [4.69, 9.17) is 9.47 Å². The first-order valence-electron chi connectivity index (χ1n) is 13.8. The van der Waals surface area contributed by atoms with E-state index in [-0.39, 0.29) is 22.2 Å². The van der Waals surface area contributed by atoms with Crippen molar-refractivity contribution in [3.8, 4) is 17.1 Å². The Balaban J connectivity index is 1.59. The minimum absolute atomic E-state index is 0.0973. The monoisotopic (exact) mass is 574 g/mol. The third-order valence-electron chi connectivity index (χ3n) is 6.85. The number of rotatable bonds is 12. The molecule has 0 aliphatic carbocycles. The van der Waals surface area contributed by atoms with Gasteiger partial charge in [-0.25, -0.2) is 17.9 Å². The van der Waals surface area contributed by atoms with Crippen LogP contribution in [0.3, 0.4) is 0 Å². The zero-order valence-electron chi connectivity index (χ0n) is 23.6. The highest BCUT2D eigenvalue weighted by atomic mass is 32.2. The normalized spacial score (nSPS) is 15.0. The Bertz CT molecular complexity index is 1510. The molecule has 1 aliphatic heterocycles. The lowest BCUT2D eigenvalue weighted by molar-refractivity contribution is -0.143. The summed E-state index contributed by atoms with van der Waals surface area (Å²) in [6.45, 7) is 10.6. The molecule has 1 aliphatic rings. The van der Waals surface area contributed by atoms with E-state index in [9.17, 15) is 18.0 Å². The van der Waals surface area contributed by atoms with Crippen LogP contribution in [-0.4, -0.2) is 89.1 Å². The third-order valence-corrected chi connectivity index (χ3v) is 8.75. The number of fused-ring (bicyclic) bond motifs is 1. The van der Waals surface area contributed by atoms with E-state index < -0.39 is 10.0 Å². The Morgan fingerprint density at radius 2 is 1.85 bits per heavy atom. The van der Waals surface area contributed by atoms with Gasteiger partial charge >= 0.3 is 5.97 Å². The van der Waals surface area contributed by atoms with E-state index in [0.717, 1.165) is 6.42 Å². The maximum atomic E-state index is 13.6. The van der Waals surface area contributed by atoms with Crippen LogP contribution in [-0.2, 0) is 26.0 Å². The molecule has 218 valence electrons. The van der Waals surface area contributed by atoms with Crippen LogP contribution in [0.5, 0.6) is 5.75 Å². The van der Waals surface area contributed by atoms with Crippen molar-refractivity contribution >= 4 is 21.5 Å². The summed E-state index contributed by atoms with van der Waals surface area (Å²) in [6.07, 6.45) is 2.49. The molecule has 0 saturated carbocycles. The van der Waals surface area contributed by atoms with Gasteiger partial charge in [-0.15, -0.1) is 5.10 Å².